The Balaban J connectivity index is 1.90. The standard InChI is InChI=1S/C16H22F2N2O3/c1-9(2)14-10(4-5-23-14)8-19-16(21)20-11-6-12(17)15(22-3)13(18)7-11/h6-7,9-10,14H,4-5,8H2,1-3H3,(H2,19,20,21)/t10-,14-/m1/s1. The molecule has 0 aromatic heterocycles. The van der Waals surface area contributed by atoms with E-state index in [4.69, 9.17) is 4.74 Å². The number of ether oxygens (including phenoxy) is 2. The number of rotatable bonds is 5. The van der Waals surface area contributed by atoms with Gasteiger partial charge in [0, 0.05) is 36.9 Å². The summed E-state index contributed by atoms with van der Waals surface area (Å²) >= 11 is 0. The molecule has 1 aromatic rings. The third-order valence-corrected chi connectivity index (χ3v) is 3.91. The molecule has 1 aliphatic rings. The van der Waals surface area contributed by atoms with Gasteiger partial charge < -0.3 is 20.1 Å². The topological polar surface area (TPSA) is 59.6 Å². The van der Waals surface area contributed by atoms with E-state index in [1.54, 1.807) is 0 Å². The molecule has 1 saturated heterocycles. The molecule has 7 heteroatoms. The van der Waals surface area contributed by atoms with Crippen LogP contribution in [0.3, 0.4) is 0 Å². The summed E-state index contributed by atoms with van der Waals surface area (Å²) in [7, 11) is 1.18. The molecule has 2 atom stereocenters. The van der Waals surface area contributed by atoms with Crippen LogP contribution in [0.1, 0.15) is 20.3 Å². The van der Waals surface area contributed by atoms with Crippen molar-refractivity contribution >= 4 is 11.7 Å². The van der Waals surface area contributed by atoms with Gasteiger partial charge in [0.25, 0.3) is 0 Å². The zero-order valence-electron chi connectivity index (χ0n) is 13.5. The lowest BCUT2D eigenvalue weighted by molar-refractivity contribution is 0.0546. The molecule has 1 heterocycles. The minimum Gasteiger partial charge on any atom is -0.491 e. The van der Waals surface area contributed by atoms with Crippen molar-refractivity contribution in [1.82, 2.24) is 5.32 Å². The minimum atomic E-state index is -0.869. The van der Waals surface area contributed by atoms with Crippen molar-refractivity contribution in [1.29, 1.82) is 0 Å². The van der Waals surface area contributed by atoms with E-state index in [-0.39, 0.29) is 17.7 Å². The van der Waals surface area contributed by atoms with Crippen molar-refractivity contribution in [3.8, 4) is 5.75 Å². The van der Waals surface area contributed by atoms with Gasteiger partial charge in [0.15, 0.2) is 17.4 Å². The lowest BCUT2D eigenvalue weighted by Crippen LogP contribution is -2.37. The van der Waals surface area contributed by atoms with Crippen molar-refractivity contribution in [2.75, 3.05) is 25.6 Å². The van der Waals surface area contributed by atoms with Gasteiger partial charge in [-0.25, -0.2) is 13.6 Å². The number of hydrogen-bond acceptors (Lipinski definition) is 3. The van der Waals surface area contributed by atoms with Crippen molar-refractivity contribution in [2.24, 2.45) is 11.8 Å². The summed E-state index contributed by atoms with van der Waals surface area (Å²) in [5.74, 6) is -1.60. The molecule has 128 valence electrons. The van der Waals surface area contributed by atoms with E-state index in [0.717, 1.165) is 18.6 Å². The van der Waals surface area contributed by atoms with Crippen LogP contribution in [-0.4, -0.2) is 32.4 Å². The average Bonchev–Trinajstić information content (AvgIpc) is 2.93. The highest BCUT2D eigenvalue weighted by Crippen LogP contribution is 2.27. The fourth-order valence-electron chi connectivity index (χ4n) is 2.84. The Morgan fingerprint density at radius 3 is 2.61 bits per heavy atom. The molecule has 5 nitrogen and oxygen atoms in total. The van der Waals surface area contributed by atoms with E-state index in [1.165, 1.54) is 7.11 Å². The summed E-state index contributed by atoms with van der Waals surface area (Å²) in [6.07, 6.45) is 1.00. The van der Waals surface area contributed by atoms with Gasteiger partial charge in [-0.15, -0.1) is 0 Å². The minimum absolute atomic E-state index is 0.0291. The summed E-state index contributed by atoms with van der Waals surface area (Å²) in [6.45, 7) is 5.29. The number of carbonyl (C=O) groups is 1. The van der Waals surface area contributed by atoms with Gasteiger partial charge in [-0.05, 0) is 12.3 Å². The third-order valence-electron chi connectivity index (χ3n) is 3.91. The largest absolute Gasteiger partial charge is 0.491 e. The molecule has 2 amide bonds. The molecule has 0 saturated carbocycles. The molecule has 1 aromatic carbocycles. The predicted octanol–water partition coefficient (Wildman–Crippen LogP) is 3.16. The Hall–Kier alpha value is -1.89. The average molecular weight is 328 g/mol. The first-order valence-electron chi connectivity index (χ1n) is 7.61. The van der Waals surface area contributed by atoms with E-state index in [9.17, 15) is 13.6 Å². The summed E-state index contributed by atoms with van der Waals surface area (Å²) in [4.78, 5) is 11.9. The molecule has 0 aliphatic carbocycles. The maximum atomic E-state index is 13.6. The lowest BCUT2D eigenvalue weighted by atomic mass is 9.93. The van der Waals surface area contributed by atoms with Gasteiger partial charge in [0.05, 0.1) is 13.2 Å². The van der Waals surface area contributed by atoms with Crippen LogP contribution < -0.4 is 15.4 Å². The highest BCUT2D eigenvalue weighted by atomic mass is 19.1. The molecule has 23 heavy (non-hydrogen) atoms. The number of halogens is 2. The monoisotopic (exact) mass is 328 g/mol. The third kappa shape index (κ3) is 4.31. The molecule has 2 N–H and O–H groups in total. The molecule has 1 fully saturated rings. The quantitative estimate of drug-likeness (QED) is 0.873. The van der Waals surface area contributed by atoms with Crippen molar-refractivity contribution in [3.05, 3.63) is 23.8 Å². The normalized spacial score (nSPS) is 20.6. The molecular weight excluding hydrogens is 306 g/mol. The Kier molecular flexibility index (Phi) is 5.76. The molecule has 0 bridgehead atoms. The maximum absolute atomic E-state index is 13.6. The second-order valence-electron chi connectivity index (χ2n) is 5.94. The molecule has 0 unspecified atom stereocenters. The molecule has 1 aliphatic heterocycles. The zero-order valence-corrected chi connectivity index (χ0v) is 13.5. The number of hydrogen-bond donors (Lipinski definition) is 2. The Labute approximate surface area is 134 Å². The Bertz CT molecular complexity index is 543. The maximum Gasteiger partial charge on any atom is 0.319 e. The van der Waals surface area contributed by atoms with Crippen LogP contribution in [0, 0.1) is 23.5 Å². The lowest BCUT2D eigenvalue weighted by Gasteiger charge is -2.22. The van der Waals surface area contributed by atoms with Crippen molar-refractivity contribution in [2.45, 2.75) is 26.4 Å². The van der Waals surface area contributed by atoms with E-state index in [0.29, 0.717) is 19.1 Å². The number of benzene rings is 1. The SMILES string of the molecule is COc1c(F)cc(NC(=O)NC[C@H]2CCO[C@@H]2C(C)C)cc1F. The number of urea groups is 1. The first-order chi connectivity index (χ1) is 10.9. The van der Waals surface area contributed by atoms with E-state index in [2.05, 4.69) is 29.2 Å². The van der Waals surface area contributed by atoms with Crippen LogP contribution in [0.15, 0.2) is 12.1 Å². The van der Waals surface area contributed by atoms with E-state index >= 15 is 0 Å². The van der Waals surface area contributed by atoms with E-state index < -0.39 is 23.4 Å². The van der Waals surface area contributed by atoms with Gasteiger partial charge >= 0.3 is 6.03 Å². The number of anilines is 1. The second-order valence-corrected chi connectivity index (χ2v) is 5.94. The van der Waals surface area contributed by atoms with Crippen LogP contribution in [0.4, 0.5) is 19.3 Å². The van der Waals surface area contributed by atoms with Crippen LogP contribution in [0.2, 0.25) is 0 Å². The van der Waals surface area contributed by atoms with Gasteiger partial charge in [-0.3, -0.25) is 0 Å². The molecule has 0 spiro atoms. The Morgan fingerprint density at radius 1 is 1.39 bits per heavy atom. The summed E-state index contributed by atoms with van der Waals surface area (Å²) in [6, 6.07) is 1.51. The Morgan fingerprint density at radius 2 is 2.04 bits per heavy atom. The van der Waals surface area contributed by atoms with Crippen LogP contribution in [0.5, 0.6) is 5.75 Å². The molecule has 0 radical (unpaired) electrons. The van der Waals surface area contributed by atoms with Gasteiger partial charge in [-0.2, -0.15) is 0 Å². The smallest absolute Gasteiger partial charge is 0.319 e. The fourth-order valence-corrected chi connectivity index (χ4v) is 2.84. The number of carbonyl (C=O) groups excluding carboxylic acids is 1. The fraction of sp³-hybridized carbons (Fsp3) is 0.562. The summed E-state index contributed by atoms with van der Waals surface area (Å²) in [5.41, 5.74) is 0.0291. The van der Waals surface area contributed by atoms with Crippen molar-refractivity contribution < 1.29 is 23.0 Å². The second kappa shape index (κ2) is 7.59. The van der Waals surface area contributed by atoms with E-state index in [1.807, 2.05) is 0 Å². The van der Waals surface area contributed by atoms with Crippen molar-refractivity contribution in [3.63, 3.8) is 0 Å². The van der Waals surface area contributed by atoms with Crippen LogP contribution in [0.25, 0.3) is 0 Å². The first-order valence-corrected chi connectivity index (χ1v) is 7.61. The zero-order chi connectivity index (χ0) is 17.0. The molecular formula is C16H22F2N2O3. The van der Waals surface area contributed by atoms with Gasteiger partial charge in [0.1, 0.15) is 0 Å². The predicted molar refractivity (Wildman–Crippen MR) is 82.6 cm³/mol. The van der Waals surface area contributed by atoms with Gasteiger partial charge in [-0.1, -0.05) is 13.8 Å². The summed E-state index contributed by atoms with van der Waals surface area (Å²) in [5, 5.41) is 5.14. The molecule has 2 rings (SSSR count). The summed E-state index contributed by atoms with van der Waals surface area (Å²) < 4.78 is 37.4. The number of nitrogens with one attached hydrogen (secondary N) is 2. The number of amides is 2. The highest BCUT2D eigenvalue weighted by Gasteiger charge is 2.30. The van der Waals surface area contributed by atoms with Crippen LogP contribution in [-0.2, 0) is 4.74 Å². The highest BCUT2D eigenvalue weighted by molar-refractivity contribution is 5.89. The number of methoxy groups -OCH3 is 1. The first kappa shape index (κ1) is 17.5. The van der Waals surface area contributed by atoms with Crippen LogP contribution >= 0.6 is 0 Å². The van der Waals surface area contributed by atoms with Gasteiger partial charge in [0.2, 0.25) is 0 Å².